The van der Waals surface area contributed by atoms with Gasteiger partial charge in [-0.05, 0) is 43.7 Å². The molecule has 5 nitrogen and oxygen atoms in total. The predicted molar refractivity (Wildman–Crippen MR) is 103 cm³/mol. The fourth-order valence-electron chi connectivity index (χ4n) is 2.34. The number of thioether (sulfide) groups is 1. The molecule has 0 fully saturated rings. The van der Waals surface area contributed by atoms with Crippen LogP contribution < -0.4 is 10.1 Å². The zero-order valence-corrected chi connectivity index (χ0v) is 16.2. The van der Waals surface area contributed by atoms with Gasteiger partial charge in [-0.25, -0.2) is 4.79 Å². The minimum absolute atomic E-state index is 0.0639. The summed E-state index contributed by atoms with van der Waals surface area (Å²) in [4.78, 5) is 25.2. The lowest BCUT2D eigenvalue weighted by Gasteiger charge is -2.13. The second kappa shape index (κ2) is 9.29. The summed E-state index contributed by atoms with van der Waals surface area (Å²) in [6.45, 7) is 4.22. The highest BCUT2D eigenvalue weighted by Gasteiger charge is 2.16. The normalized spacial score (nSPS) is 11.5. The Kier molecular flexibility index (Phi) is 7.09. The number of aryl methyl sites for hydroxylation is 1. The van der Waals surface area contributed by atoms with Crippen molar-refractivity contribution in [1.29, 1.82) is 0 Å². The van der Waals surface area contributed by atoms with E-state index in [2.05, 4.69) is 5.32 Å². The van der Waals surface area contributed by atoms with Crippen LogP contribution in [-0.4, -0.2) is 31.3 Å². The van der Waals surface area contributed by atoms with Crippen molar-refractivity contribution in [3.8, 4) is 5.75 Å². The number of hydrogen-bond acceptors (Lipinski definition) is 5. The second-order valence-electron chi connectivity index (χ2n) is 5.82. The monoisotopic (exact) mass is 373 g/mol. The smallest absolute Gasteiger partial charge is 0.341 e. The van der Waals surface area contributed by atoms with Gasteiger partial charge in [-0.1, -0.05) is 23.8 Å². The van der Waals surface area contributed by atoms with E-state index in [9.17, 15) is 9.59 Å². The first kappa shape index (κ1) is 19.8. The van der Waals surface area contributed by atoms with Crippen LogP contribution in [0.2, 0.25) is 0 Å². The number of ether oxygens (including phenoxy) is 2. The molecule has 1 amide bonds. The van der Waals surface area contributed by atoms with E-state index in [0.717, 1.165) is 10.5 Å². The van der Waals surface area contributed by atoms with Crippen LogP contribution in [0.4, 0.5) is 0 Å². The van der Waals surface area contributed by atoms with Crippen LogP contribution in [-0.2, 0) is 16.1 Å². The number of esters is 1. The van der Waals surface area contributed by atoms with Crippen molar-refractivity contribution in [3.63, 3.8) is 0 Å². The minimum atomic E-state index is -0.474. The molecule has 0 aromatic heterocycles. The molecule has 0 bridgehead atoms. The van der Waals surface area contributed by atoms with E-state index in [1.807, 2.05) is 44.2 Å². The lowest BCUT2D eigenvalue weighted by atomic mass is 10.1. The van der Waals surface area contributed by atoms with Crippen molar-refractivity contribution in [2.75, 3.05) is 14.2 Å². The minimum Gasteiger partial charge on any atom is -0.496 e. The number of hydrogen-bond donors (Lipinski definition) is 1. The van der Waals surface area contributed by atoms with Gasteiger partial charge in [-0.3, -0.25) is 4.79 Å². The number of methoxy groups -OCH3 is 2. The third-order valence-electron chi connectivity index (χ3n) is 3.84. The van der Waals surface area contributed by atoms with Crippen molar-refractivity contribution < 1.29 is 19.1 Å². The molecule has 0 spiro atoms. The Balaban J connectivity index is 1.97. The van der Waals surface area contributed by atoms with E-state index in [1.54, 1.807) is 12.1 Å². The summed E-state index contributed by atoms with van der Waals surface area (Å²) in [5, 5.41) is 2.67. The molecule has 26 heavy (non-hydrogen) atoms. The first-order valence-electron chi connectivity index (χ1n) is 8.21. The number of benzene rings is 2. The van der Waals surface area contributed by atoms with Crippen molar-refractivity contribution >= 4 is 23.6 Å². The largest absolute Gasteiger partial charge is 0.496 e. The Hall–Kier alpha value is -2.47. The molecule has 2 rings (SSSR count). The van der Waals surface area contributed by atoms with Crippen molar-refractivity contribution in [2.45, 2.75) is 30.5 Å². The average molecular weight is 373 g/mol. The standard InChI is InChI=1S/C20H23NO4S/c1-13-5-8-16(9-6-13)26-14(2)19(22)21-12-15-7-10-18(24-3)17(11-15)20(23)25-4/h5-11,14H,12H2,1-4H3,(H,21,22)/t14-/m0/s1. The van der Waals surface area contributed by atoms with Crippen molar-refractivity contribution in [2.24, 2.45) is 0 Å². The summed E-state index contributed by atoms with van der Waals surface area (Å²) in [7, 11) is 2.81. The third kappa shape index (κ3) is 5.26. The summed E-state index contributed by atoms with van der Waals surface area (Å²) in [5.41, 5.74) is 2.32. The highest BCUT2D eigenvalue weighted by atomic mass is 32.2. The fraction of sp³-hybridized carbons (Fsp3) is 0.300. The number of rotatable bonds is 7. The molecule has 0 aliphatic rings. The average Bonchev–Trinajstić information content (AvgIpc) is 2.66. The van der Waals surface area contributed by atoms with Gasteiger partial charge in [0.1, 0.15) is 11.3 Å². The molecule has 0 radical (unpaired) electrons. The molecule has 138 valence electrons. The maximum Gasteiger partial charge on any atom is 0.341 e. The summed E-state index contributed by atoms with van der Waals surface area (Å²) in [6, 6.07) is 13.2. The molecule has 0 unspecified atom stereocenters. The van der Waals surface area contributed by atoms with Gasteiger partial charge < -0.3 is 14.8 Å². The first-order chi connectivity index (χ1) is 12.4. The Bertz CT molecular complexity index is 774. The quantitative estimate of drug-likeness (QED) is 0.594. The Labute approximate surface area is 158 Å². The second-order valence-corrected chi connectivity index (χ2v) is 7.23. The lowest BCUT2D eigenvalue weighted by molar-refractivity contribution is -0.120. The first-order valence-corrected chi connectivity index (χ1v) is 9.09. The molecule has 1 N–H and O–H groups in total. The summed E-state index contributed by atoms with van der Waals surface area (Å²) in [5.74, 6) is -0.0976. The molecule has 0 aliphatic carbocycles. The highest BCUT2D eigenvalue weighted by molar-refractivity contribution is 8.00. The van der Waals surface area contributed by atoms with Crippen LogP contribution in [0.1, 0.15) is 28.4 Å². The van der Waals surface area contributed by atoms with Crippen molar-refractivity contribution in [3.05, 3.63) is 59.2 Å². The summed E-state index contributed by atoms with van der Waals surface area (Å²) < 4.78 is 9.93. The van der Waals surface area contributed by atoms with E-state index < -0.39 is 5.97 Å². The number of carbonyl (C=O) groups excluding carboxylic acids is 2. The van der Waals surface area contributed by atoms with E-state index in [0.29, 0.717) is 17.9 Å². The van der Waals surface area contributed by atoms with Gasteiger partial charge in [0.25, 0.3) is 0 Å². The van der Waals surface area contributed by atoms with Crippen molar-refractivity contribution in [1.82, 2.24) is 5.32 Å². The van der Waals surface area contributed by atoms with E-state index in [4.69, 9.17) is 9.47 Å². The van der Waals surface area contributed by atoms with Crippen LogP contribution in [0.15, 0.2) is 47.4 Å². The maximum atomic E-state index is 12.3. The number of nitrogens with one attached hydrogen (secondary N) is 1. The molecule has 0 saturated carbocycles. The molecule has 0 aliphatic heterocycles. The van der Waals surface area contributed by atoms with Gasteiger partial charge in [0.15, 0.2) is 0 Å². The SMILES string of the molecule is COC(=O)c1cc(CNC(=O)[C@H](C)Sc2ccc(C)cc2)ccc1OC. The third-order valence-corrected chi connectivity index (χ3v) is 4.95. The maximum absolute atomic E-state index is 12.3. The Morgan fingerprint density at radius 3 is 2.42 bits per heavy atom. The fourth-order valence-corrected chi connectivity index (χ4v) is 3.23. The molecule has 2 aromatic rings. The van der Waals surface area contributed by atoms with Crippen LogP contribution >= 0.6 is 11.8 Å². The number of amides is 1. The van der Waals surface area contributed by atoms with Gasteiger partial charge in [0, 0.05) is 11.4 Å². The van der Waals surface area contributed by atoms with Crippen LogP contribution in [0.25, 0.3) is 0 Å². The van der Waals surface area contributed by atoms with Crippen LogP contribution in [0, 0.1) is 6.92 Å². The Morgan fingerprint density at radius 1 is 1.12 bits per heavy atom. The number of carbonyl (C=O) groups is 2. The topological polar surface area (TPSA) is 64.6 Å². The molecule has 2 aromatic carbocycles. The van der Waals surface area contributed by atoms with Gasteiger partial charge in [0.2, 0.25) is 5.91 Å². The van der Waals surface area contributed by atoms with E-state index in [-0.39, 0.29) is 11.2 Å². The zero-order chi connectivity index (χ0) is 19.1. The molecular formula is C20H23NO4S. The van der Waals surface area contributed by atoms with Gasteiger partial charge >= 0.3 is 5.97 Å². The van der Waals surface area contributed by atoms with Crippen LogP contribution in [0.5, 0.6) is 5.75 Å². The zero-order valence-electron chi connectivity index (χ0n) is 15.4. The van der Waals surface area contributed by atoms with E-state index >= 15 is 0 Å². The molecule has 6 heteroatoms. The molecule has 0 heterocycles. The molecule has 1 atom stereocenters. The van der Waals surface area contributed by atoms with Gasteiger partial charge in [0.05, 0.1) is 19.5 Å². The molecule has 0 saturated heterocycles. The predicted octanol–water partition coefficient (Wildman–Crippen LogP) is 3.59. The summed E-state index contributed by atoms with van der Waals surface area (Å²) in [6.07, 6.45) is 0. The van der Waals surface area contributed by atoms with Crippen LogP contribution in [0.3, 0.4) is 0 Å². The molecular weight excluding hydrogens is 350 g/mol. The van der Waals surface area contributed by atoms with E-state index in [1.165, 1.54) is 31.5 Å². The Morgan fingerprint density at radius 2 is 1.81 bits per heavy atom. The summed E-state index contributed by atoms with van der Waals surface area (Å²) >= 11 is 1.51. The lowest BCUT2D eigenvalue weighted by Crippen LogP contribution is -2.30. The van der Waals surface area contributed by atoms with Gasteiger partial charge in [-0.15, -0.1) is 11.8 Å². The van der Waals surface area contributed by atoms with Gasteiger partial charge in [-0.2, -0.15) is 0 Å². The highest BCUT2D eigenvalue weighted by Crippen LogP contribution is 2.24.